The Morgan fingerprint density at radius 2 is 1.08 bits per heavy atom. The van der Waals surface area contributed by atoms with Crippen LogP contribution < -0.4 is 9.47 Å². The summed E-state index contributed by atoms with van der Waals surface area (Å²) in [7, 11) is 0. The van der Waals surface area contributed by atoms with Gasteiger partial charge < -0.3 is 18.9 Å². The molecule has 38 heavy (non-hydrogen) atoms. The zero-order chi connectivity index (χ0) is 26.4. The van der Waals surface area contributed by atoms with Gasteiger partial charge in [-0.2, -0.15) is 0 Å². The van der Waals surface area contributed by atoms with E-state index in [1.165, 1.54) is 38.9 Å². The Labute approximate surface area is 226 Å². The van der Waals surface area contributed by atoms with Gasteiger partial charge in [-0.05, 0) is 78.4 Å². The van der Waals surface area contributed by atoms with Crippen molar-refractivity contribution in [1.82, 2.24) is 0 Å². The molecule has 0 aromatic heterocycles. The Bertz CT molecular complexity index is 1290. The van der Waals surface area contributed by atoms with Crippen molar-refractivity contribution in [2.24, 2.45) is 0 Å². The molecule has 0 fully saturated rings. The second-order valence-electron chi connectivity index (χ2n) is 9.48. The fraction of sp³-hybridized carbons (Fsp3) is 0.294. The molecule has 0 saturated heterocycles. The van der Waals surface area contributed by atoms with Crippen molar-refractivity contribution < 1.29 is 18.9 Å². The van der Waals surface area contributed by atoms with Gasteiger partial charge >= 0.3 is 0 Å². The number of aryl methyl sites for hydroxylation is 1. The second kappa shape index (κ2) is 11.8. The van der Waals surface area contributed by atoms with Gasteiger partial charge in [0.2, 0.25) is 0 Å². The molecule has 0 bridgehead atoms. The van der Waals surface area contributed by atoms with E-state index in [4.69, 9.17) is 18.9 Å². The predicted molar refractivity (Wildman–Crippen MR) is 152 cm³/mol. The molecule has 1 aliphatic carbocycles. The normalized spacial score (nSPS) is 13.1. The van der Waals surface area contributed by atoms with E-state index in [2.05, 4.69) is 97.9 Å². The van der Waals surface area contributed by atoms with Crippen molar-refractivity contribution in [2.45, 2.75) is 26.2 Å². The van der Waals surface area contributed by atoms with E-state index in [9.17, 15) is 0 Å². The average Bonchev–Trinajstić information content (AvgIpc) is 3.24. The maximum atomic E-state index is 5.94. The molecule has 0 atom stereocenters. The fourth-order valence-electron chi connectivity index (χ4n) is 5.51. The van der Waals surface area contributed by atoms with E-state index < -0.39 is 5.41 Å². The minimum atomic E-state index is -0.453. The number of rotatable bonds is 12. The first kappa shape index (κ1) is 26.0. The third-order valence-corrected chi connectivity index (χ3v) is 7.18. The average molecular weight is 509 g/mol. The van der Waals surface area contributed by atoms with E-state index in [1.54, 1.807) is 0 Å². The lowest BCUT2D eigenvalue weighted by atomic mass is 9.67. The zero-order valence-corrected chi connectivity index (χ0v) is 22.5. The third kappa shape index (κ3) is 4.94. The molecular formula is C34H36O4. The molecule has 4 aromatic carbocycles. The highest BCUT2D eigenvalue weighted by atomic mass is 16.5. The first-order valence-corrected chi connectivity index (χ1v) is 13.5. The van der Waals surface area contributed by atoms with Crippen LogP contribution in [0.5, 0.6) is 11.5 Å². The largest absolute Gasteiger partial charge is 0.491 e. The molecule has 0 amide bonds. The van der Waals surface area contributed by atoms with Crippen molar-refractivity contribution in [3.05, 3.63) is 119 Å². The Morgan fingerprint density at radius 3 is 1.63 bits per heavy atom. The number of ether oxygens (including phenoxy) is 4. The summed E-state index contributed by atoms with van der Waals surface area (Å²) in [4.78, 5) is 0. The summed E-state index contributed by atoms with van der Waals surface area (Å²) in [5.41, 5.74) is 8.34. The number of fused-ring (bicyclic) bond motifs is 3. The van der Waals surface area contributed by atoms with Gasteiger partial charge in [-0.3, -0.25) is 0 Å². The van der Waals surface area contributed by atoms with E-state index in [-0.39, 0.29) is 0 Å². The maximum absolute atomic E-state index is 5.94. The van der Waals surface area contributed by atoms with Gasteiger partial charge in [0.05, 0.1) is 18.6 Å². The summed E-state index contributed by atoms with van der Waals surface area (Å²) in [6.45, 7) is 9.78. The van der Waals surface area contributed by atoms with E-state index >= 15 is 0 Å². The quantitative estimate of drug-likeness (QED) is 0.167. The van der Waals surface area contributed by atoms with Gasteiger partial charge in [0.25, 0.3) is 0 Å². The first-order chi connectivity index (χ1) is 18.7. The highest BCUT2D eigenvalue weighted by Gasteiger charge is 2.46. The highest BCUT2D eigenvalue weighted by molar-refractivity contribution is 5.86. The molecule has 0 unspecified atom stereocenters. The van der Waals surface area contributed by atoms with Crippen molar-refractivity contribution in [3.63, 3.8) is 0 Å². The molecule has 0 N–H and O–H groups in total. The molecule has 4 nitrogen and oxygen atoms in total. The molecule has 0 saturated carbocycles. The summed E-state index contributed by atoms with van der Waals surface area (Å²) >= 11 is 0. The smallest absolute Gasteiger partial charge is 0.119 e. The lowest BCUT2D eigenvalue weighted by Crippen LogP contribution is -2.28. The molecule has 1 aliphatic rings. The van der Waals surface area contributed by atoms with E-state index in [0.29, 0.717) is 39.6 Å². The van der Waals surface area contributed by atoms with Crippen LogP contribution in [0.25, 0.3) is 11.1 Å². The monoisotopic (exact) mass is 508 g/mol. The molecular weight excluding hydrogens is 472 g/mol. The van der Waals surface area contributed by atoms with E-state index in [1.807, 2.05) is 13.8 Å². The van der Waals surface area contributed by atoms with Crippen LogP contribution in [0.2, 0.25) is 0 Å². The minimum absolute atomic E-state index is 0.453. The lowest BCUT2D eigenvalue weighted by molar-refractivity contribution is 0.110. The summed E-state index contributed by atoms with van der Waals surface area (Å²) in [5.74, 6) is 1.69. The number of hydrogen-bond donors (Lipinski definition) is 0. The van der Waals surface area contributed by atoms with Crippen LogP contribution in [0.4, 0.5) is 0 Å². The molecule has 4 aromatic rings. The number of hydrogen-bond acceptors (Lipinski definition) is 4. The summed E-state index contributed by atoms with van der Waals surface area (Å²) in [6, 6.07) is 32.7. The van der Waals surface area contributed by atoms with Crippen LogP contribution in [0.15, 0.2) is 91.0 Å². The lowest BCUT2D eigenvalue weighted by Gasteiger charge is -2.34. The standard InChI is InChI=1S/C34H36O4/c1-4-35-20-22-37-28-15-11-26(12-16-28)34(27-13-17-29(18-14-27)38-23-21-36-5-2)32-9-7-6-8-30(32)31-19-10-25(3)24-33(31)34/h6-19,24H,4-5,20-23H2,1-3H3. The summed E-state index contributed by atoms with van der Waals surface area (Å²) < 4.78 is 22.7. The zero-order valence-electron chi connectivity index (χ0n) is 22.5. The van der Waals surface area contributed by atoms with Gasteiger partial charge in [0, 0.05) is 13.2 Å². The molecule has 196 valence electrons. The minimum Gasteiger partial charge on any atom is -0.491 e. The Balaban J connectivity index is 1.59. The van der Waals surface area contributed by atoms with Crippen molar-refractivity contribution in [1.29, 1.82) is 0 Å². The molecule has 0 spiro atoms. The van der Waals surface area contributed by atoms with Crippen LogP contribution in [0.1, 0.15) is 41.7 Å². The summed E-state index contributed by atoms with van der Waals surface area (Å²) in [5, 5.41) is 0. The molecule has 0 heterocycles. The van der Waals surface area contributed by atoms with Crippen LogP contribution in [0, 0.1) is 6.92 Å². The maximum Gasteiger partial charge on any atom is 0.119 e. The second-order valence-corrected chi connectivity index (χ2v) is 9.48. The van der Waals surface area contributed by atoms with Crippen LogP contribution >= 0.6 is 0 Å². The van der Waals surface area contributed by atoms with Gasteiger partial charge in [0.1, 0.15) is 24.7 Å². The van der Waals surface area contributed by atoms with Crippen molar-refractivity contribution in [3.8, 4) is 22.6 Å². The van der Waals surface area contributed by atoms with Gasteiger partial charge in [-0.1, -0.05) is 72.3 Å². The molecule has 0 radical (unpaired) electrons. The topological polar surface area (TPSA) is 36.9 Å². The Kier molecular flexibility index (Phi) is 8.11. The van der Waals surface area contributed by atoms with Crippen LogP contribution in [-0.4, -0.2) is 39.6 Å². The first-order valence-electron chi connectivity index (χ1n) is 13.5. The van der Waals surface area contributed by atoms with Crippen LogP contribution in [-0.2, 0) is 14.9 Å². The van der Waals surface area contributed by atoms with Gasteiger partial charge in [0.15, 0.2) is 0 Å². The number of benzene rings is 4. The molecule has 5 rings (SSSR count). The SMILES string of the molecule is CCOCCOc1ccc(C2(c3ccc(OCCOCC)cc3)c3ccccc3-c3ccc(C)cc32)cc1. The van der Waals surface area contributed by atoms with Gasteiger partial charge in [-0.25, -0.2) is 0 Å². The van der Waals surface area contributed by atoms with Crippen molar-refractivity contribution in [2.75, 3.05) is 39.6 Å². The molecule has 0 aliphatic heterocycles. The summed E-state index contributed by atoms with van der Waals surface area (Å²) in [6.07, 6.45) is 0. The fourth-order valence-corrected chi connectivity index (χ4v) is 5.51. The molecule has 4 heteroatoms. The van der Waals surface area contributed by atoms with Crippen molar-refractivity contribution >= 4 is 0 Å². The van der Waals surface area contributed by atoms with E-state index in [0.717, 1.165) is 11.5 Å². The predicted octanol–water partition coefficient (Wildman–Crippen LogP) is 7.19. The highest BCUT2D eigenvalue weighted by Crippen LogP contribution is 2.56. The van der Waals surface area contributed by atoms with Crippen LogP contribution in [0.3, 0.4) is 0 Å². The van der Waals surface area contributed by atoms with Gasteiger partial charge in [-0.15, -0.1) is 0 Å². The third-order valence-electron chi connectivity index (χ3n) is 7.18. The Hall–Kier alpha value is -3.60. The Morgan fingerprint density at radius 1 is 0.553 bits per heavy atom.